The van der Waals surface area contributed by atoms with E-state index in [1.807, 2.05) is 36.4 Å². The minimum absolute atomic E-state index is 0.258. The van der Waals surface area contributed by atoms with Gasteiger partial charge in [-0.25, -0.2) is 4.98 Å². The van der Waals surface area contributed by atoms with Gasteiger partial charge in [-0.05, 0) is 46.3 Å². The number of phenolic OH excluding ortho intramolecular Hbond substituents is 1. The lowest BCUT2D eigenvalue weighted by atomic mass is 9.97. The number of hydrogen-bond donors (Lipinski definition) is 2. The lowest BCUT2D eigenvalue weighted by molar-refractivity contribution is 0.475. The molecule has 102 valence electrons. The fourth-order valence-electron chi connectivity index (χ4n) is 2.69. The fourth-order valence-corrected chi connectivity index (χ4v) is 2.88. The summed E-state index contributed by atoms with van der Waals surface area (Å²) in [5.74, 6) is 0.258. The summed E-state index contributed by atoms with van der Waals surface area (Å²) in [6, 6.07) is 17.3. The summed E-state index contributed by atoms with van der Waals surface area (Å²) in [6.45, 7) is 0. The second kappa shape index (κ2) is 4.50. The number of phenols is 1. The van der Waals surface area contributed by atoms with Gasteiger partial charge in [0.25, 0.3) is 0 Å². The van der Waals surface area contributed by atoms with E-state index in [2.05, 4.69) is 16.0 Å². The van der Waals surface area contributed by atoms with Gasteiger partial charge in [0, 0.05) is 5.39 Å². The number of aromatic amines is 1. The Balaban J connectivity index is 2.13. The minimum Gasteiger partial charge on any atom is -0.508 e. The van der Waals surface area contributed by atoms with E-state index in [1.165, 1.54) is 0 Å². The van der Waals surface area contributed by atoms with E-state index in [0.29, 0.717) is 5.28 Å². The summed E-state index contributed by atoms with van der Waals surface area (Å²) in [7, 11) is 0. The Morgan fingerprint density at radius 1 is 0.952 bits per heavy atom. The Bertz CT molecular complexity index is 958. The Kier molecular flexibility index (Phi) is 2.62. The maximum atomic E-state index is 9.46. The number of H-pyrrole nitrogens is 1. The highest BCUT2D eigenvalue weighted by Crippen LogP contribution is 2.34. The highest BCUT2D eigenvalue weighted by molar-refractivity contribution is 6.29. The molecule has 0 spiro atoms. The third kappa shape index (κ3) is 1.94. The van der Waals surface area contributed by atoms with Gasteiger partial charge in [0.2, 0.25) is 5.28 Å². The van der Waals surface area contributed by atoms with Crippen molar-refractivity contribution in [1.82, 2.24) is 9.97 Å². The second-order valence-electron chi connectivity index (χ2n) is 4.94. The minimum atomic E-state index is 0.258. The molecule has 2 N–H and O–H groups in total. The molecule has 4 aromatic rings. The van der Waals surface area contributed by atoms with Crippen molar-refractivity contribution in [2.24, 2.45) is 0 Å². The molecule has 0 aliphatic heterocycles. The van der Waals surface area contributed by atoms with Gasteiger partial charge in [-0.15, -0.1) is 0 Å². The van der Waals surface area contributed by atoms with Crippen LogP contribution in [0.15, 0.2) is 54.6 Å². The second-order valence-corrected chi connectivity index (χ2v) is 5.30. The Morgan fingerprint density at radius 2 is 1.67 bits per heavy atom. The van der Waals surface area contributed by atoms with Crippen LogP contribution < -0.4 is 0 Å². The largest absolute Gasteiger partial charge is 0.508 e. The van der Waals surface area contributed by atoms with Crippen LogP contribution >= 0.6 is 11.6 Å². The van der Waals surface area contributed by atoms with Gasteiger partial charge >= 0.3 is 0 Å². The lowest BCUT2D eigenvalue weighted by Gasteiger charge is -2.08. The van der Waals surface area contributed by atoms with Crippen molar-refractivity contribution in [3.05, 3.63) is 59.9 Å². The van der Waals surface area contributed by atoms with Crippen LogP contribution in [-0.4, -0.2) is 15.1 Å². The molecule has 0 unspecified atom stereocenters. The van der Waals surface area contributed by atoms with Gasteiger partial charge < -0.3 is 10.1 Å². The molecule has 3 nitrogen and oxygen atoms in total. The number of fused-ring (bicyclic) bond motifs is 3. The molecule has 0 saturated carbocycles. The van der Waals surface area contributed by atoms with Crippen LogP contribution in [0.4, 0.5) is 0 Å². The molecule has 4 rings (SSSR count). The van der Waals surface area contributed by atoms with Crippen LogP contribution in [0.25, 0.3) is 32.9 Å². The molecule has 0 amide bonds. The first-order valence-electron chi connectivity index (χ1n) is 6.59. The van der Waals surface area contributed by atoms with Crippen molar-refractivity contribution in [2.75, 3.05) is 0 Å². The number of imidazole rings is 1. The molecule has 21 heavy (non-hydrogen) atoms. The summed E-state index contributed by atoms with van der Waals surface area (Å²) in [4.78, 5) is 7.44. The molecular weight excluding hydrogens is 284 g/mol. The highest BCUT2D eigenvalue weighted by Gasteiger charge is 2.11. The van der Waals surface area contributed by atoms with Crippen LogP contribution in [0.5, 0.6) is 5.75 Å². The molecular formula is C17H11ClN2O. The van der Waals surface area contributed by atoms with Crippen LogP contribution in [0, 0.1) is 0 Å². The Labute approximate surface area is 125 Å². The van der Waals surface area contributed by atoms with E-state index < -0.39 is 0 Å². The molecule has 0 saturated heterocycles. The molecule has 0 aliphatic rings. The predicted molar refractivity (Wildman–Crippen MR) is 85.7 cm³/mol. The number of hydrogen-bond acceptors (Lipinski definition) is 2. The summed E-state index contributed by atoms with van der Waals surface area (Å²) in [6.07, 6.45) is 0. The summed E-state index contributed by atoms with van der Waals surface area (Å²) in [5, 5.41) is 12.0. The quantitative estimate of drug-likeness (QED) is 0.532. The van der Waals surface area contributed by atoms with Crippen molar-refractivity contribution in [1.29, 1.82) is 0 Å². The highest BCUT2D eigenvalue weighted by atomic mass is 35.5. The SMILES string of the molecule is Oc1ccc(-c2cc3[nH]c(Cl)nc3c3ccccc23)cc1. The fraction of sp³-hybridized carbons (Fsp3) is 0. The van der Waals surface area contributed by atoms with Crippen molar-refractivity contribution >= 4 is 33.4 Å². The number of aromatic nitrogens is 2. The summed E-state index contributed by atoms with van der Waals surface area (Å²) >= 11 is 6.00. The van der Waals surface area contributed by atoms with E-state index in [4.69, 9.17) is 11.6 Å². The Hall–Kier alpha value is -2.52. The van der Waals surface area contributed by atoms with E-state index in [9.17, 15) is 5.11 Å². The normalized spacial score (nSPS) is 11.3. The summed E-state index contributed by atoms with van der Waals surface area (Å²) < 4.78 is 0. The third-order valence-corrected chi connectivity index (χ3v) is 3.82. The average Bonchev–Trinajstić information content (AvgIpc) is 2.88. The smallest absolute Gasteiger partial charge is 0.201 e. The van der Waals surface area contributed by atoms with Gasteiger partial charge in [-0.2, -0.15) is 0 Å². The molecule has 0 aliphatic carbocycles. The van der Waals surface area contributed by atoms with Crippen molar-refractivity contribution in [3.8, 4) is 16.9 Å². The van der Waals surface area contributed by atoms with Crippen LogP contribution in [0.3, 0.4) is 0 Å². The van der Waals surface area contributed by atoms with Crippen molar-refractivity contribution in [2.45, 2.75) is 0 Å². The van der Waals surface area contributed by atoms with Gasteiger partial charge in [0.1, 0.15) is 5.75 Å². The van der Waals surface area contributed by atoms with Crippen molar-refractivity contribution < 1.29 is 5.11 Å². The van der Waals surface area contributed by atoms with E-state index in [-0.39, 0.29) is 5.75 Å². The maximum absolute atomic E-state index is 9.46. The van der Waals surface area contributed by atoms with Gasteiger partial charge in [-0.1, -0.05) is 36.4 Å². The molecule has 1 heterocycles. The number of nitrogens with one attached hydrogen (secondary N) is 1. The first kappa shape index (κ1) is 12.2. The molecule has 3 aromatic carbocycles. The molecule has 0 fully saturated rings. The van der Waals surface area contributed by atoms with Gasteiger partial charge in [0.05, 0.1) is 11.0 Å². The molecule has 0 radical (unpaired) electrons. The Morgan fingerprint density at radius 3 is 2.43 bits per heavy atom. The van der Waals surface area contributed by atoms with E-state index >= 15 is 0 Å². The lowest BCUT2D eigenvalue weighted by Crippen LogP contribution is -1.83. The third-order valence-electron chi connectivity index (χ3n) is 3.64. The van der Waals surface area contributed by atoms with E-state index in [0.717, 1.165) is 32.9 Å². The topological polar surface area (TPSA) is 48.9 Å². The maximum Gasteiger partial charge on any atom is 0.201 e. The van der Waals surface area contributed by atoms with E-state index in [1.54, 1.807) is 12.1 Å². The molecule has 0 atom stereocenters. The zero-order valence-corrected chi connectivity index (χ0v) is 11.7. The van der Waals surface area contributed by atoms with Gasteiger partial charge in [-0.3, -0.25) is 0 Å². The predicted octanol–water partition coefficient (Wildman–Crippen LogP) is 4.74. The molecule has 0 bridgehead atoms. The van der Waals surface area contributed by atoms with Crippen LogP contribution in [0.2, 0.25) is 5.28 Å². The number of nitrogens with zero attached hydrogens (tertiary/aromatic N) is 1. The summed E-state index contributed by atoms with van der Waals surface area (Å²) in [5.41, 5.74) is 3.90. The van der Waals surface area contributed by atoms with Crippen molar-refractivity contribution in [3.63, 3.8) is 0 Å². The number of halogens is 1. The molecule has 1 aromatic heterocycles. The van der Waals surface area contributed by atoms with Crippen LogP contribution in [-0.2, 0) is 0 Å². The monoisotopic (exact) mass is 294 g/mol. The number of rotatable bonds is 1. The van der Waals surface area contributed by atoms with Gasteiger partial charge in [0.15, 0.2) is 0 Å². The van der Waals surface area contributed by atoms with Crippen LogP contribution in [0.1, 0.15) is 0 Å². The zero-order valence-electron chi connectivity index (χ0n) is 11.0. The zero-order chi connectivity index (χ0) is 14.4. The first-order chi connectivity index (χ1) is 10.2. The first-order valence-corrected chi connectivity index (χ1v) is 6.96. The standard InChI is InChI=1S/C17H11ClN2O/c18-17-19-15-9-14(10-5-7-11(21)8-6-10)12-3-1-2-4-13(12)16(15)20-17/h1-9,21H,(H,19,20). The molecule has 4 heteroatoms. The number of aromatic hydroxyl groups is 1. The average molecular weight is 295 g/mol. The number of benzene rings is 3.